The van der Waals surface area contributed by atoms with Gasteiger partial charge in [-0.05, 0) is 18.2 Å². The van der Waals surface area contributed by atoms with Crippen LogP contribution in [0, 0.1) is 5.82 Å². The normalized spacial score (nSPS) is 11.0. The maximum Gasteiger partial charge on any atom is 0.252 e. The zero-order valence-corrected chi connectivity index (χ0v) is 9.71. The Bertz CT molecular complexity index is 762. The highest BCUT2D eigenvalue weighted by atomic mass is 19.1. The van der Waals surface area contributed by atoms with Crippen molar-refractivity contribution in [1.82, 2.24) is 14.8 Å². The molecule has 0 unspecified atom stereocenters. The number of fused-ring (bicyclic) bond motifs is 1. The standard InChI is InChI=1S/C12H9FN4O2/c13-8-1-2-10-9(4-8)7(5-19-10)3-11(18)17-6-15-12(14)16-17/h1-2,4-6H,3H2,(H2,14,16). The van der Waals surface area contributed by atoms with Crippen LogP contribution in [0.15, 0.2) is 35.2 Å². The number of nitrogens with zero attached hydrogens (tertiary/aromatic N) is 3. The van der Waals surface area contributed by atoms with E-state index >= 15 is 0 Å². The van der Waals surface area contributed by atoms with Gasteiger partial charge in [-0.25, -0.2) is 9.37 Å². The van der Waals surface area contributed by atoms with Crippen LogP contribution in [0.5, 0.6) is 0 Å². The largest absolute Gasteiger partial charge is 0.464 e. The molecule has 6 nitrogen and oxygen atoms in total. The second kappa shape index (κ2) is 4.20. The van der Waals surface area contributed by atoms with Gasteiger partial charge in [0.25, 0.3) is 5.91 Å². The van der Waals surface area contributed by atoms with Crippen LogP contribution in [0.25, 0.3) is 11.0 Å². The predicted octanol–water partition coefficient (Wildman–Crippen LogP) is 1.63. The van der Waals surface area contributed by atoms with E-state index in [0.717, 1.165) is 4.68 Å². The van der Waals surface area contributed by atoms with E-state index in [1.165, 1.54) is 30.8 Å². The summed E-state index contributed by atoms with van der Waals surface area (Å²) in [7, 11) is 0. The number of hydrogen-bond acceptors (Lipinski definition) is 5. The van der Waals surface area contributed by atoms with Gasteiger partial charge in [-0.3, -0.25) is 4.79 Å². The van der Waals surface area contributed by atoms with Gasteiger partial charge >= 0.3 is 0 Å². The summed E-state index contributed by atoms with van der Waals surface area (Å²) in [5.74, 6) is -0.680. The molecule has 0 aliphatic rings. The first kappa shape index (κ1) is 11.4. The smallest absolute Gasteiger partial charge is 0.252 e. The number of benzene rings is 1. The zero-order valence-electron chi connectivity index (χ0n) is 9.71. The van der Waals surface area contributed by atoms with Crippen molar-refractivity contribution in [3.63, 3.8) is 0 Å². The molecule has 1 aromatic carbocycles. The van der Waals surface area contributed by atoms with E-state index in [1.54, 1.807) is 0 Å². The Labute approximate surface area is 106 Å². The first-order valence-corrected chi connectivity index (χ1v) is 5.49. The lowest BCUT2D eigenvalue weighted by atomic mass is 10.1. The predicted molar refractivity (Wildman–Crippen MR) is 64.9 cm³/mol. The Morgan fingerprint density at radius 1 is 1.47 bits per heavy atom. The van der Waals surface area contributed by atoms with Gasteiger partial charge in [0.05, 0.1) is 12.7 Å². The number of carbonyl (C=O) groups excluding carboxylic acids is 1. The summed E-state index contributed by atoms with van der Waals surface area (Å²) in [6, 6.07) is 4.15. The average Bonchev–Trinajstić information content (AvgIpc) is 2.97. The number of anilines is 1. The third kappa shape index (κ3) is 2.05. The third-order valence-corrected chi connectivity index (χ3v) is 2.72. The molecule has 0 saturated heterocycles. The fourth-order valence-corrected chi connectivity index (χ4v) is 1.83. The Hall–Kier alpha value is -2.70. The number of carbonyl (C=O) groups is 1. The van der Waals surface area contributed by atoms with Gasteiger partial charge in [-0.2, -0.15) is 4.68 Å². The van der Waals surface area contributed by atoms with Gasteiger partial charge < -0.3 is 10.2 Å². The van der Waals surface area contributed by atoms with Crippen molar-refractivity contribution in [1.29, 1.82) is 0 Å². The maximum atomic E-state index is 13.2. The Morgan fingerprint density at radius 3 is 3.05 bits per heavy atom. The molecule has 0 aliphatic carbocycles. The van der Waals surface area contributed by atoms with E-state index in [-0.39, 0.29) is 24.1 Å². The number of nitrogens with two attached hydrogens (primary N) is 1. The minimum atomic E-state index is -0.382. The molecule has 0 fully saturated rings. The Balaban J connectivity index is 1.93. The summed E-state index contributed by atoms with van der Waals surface area (Å²) >= 11 is 0. The molecule has 2 heterocycles. The van der Waals surface area contributed by atoms with E-state index in [4.69, 9.17) is 10.2 Å². The Kier molecular flexibility index (Phi) is 2.52. The lowest BCUT2D eigenvalue weighted by Gasteiger charge is -1.98. The van der Waals surface area contributed by atoms with Gasteiger partial charge in [-0.15, -0.1) is 5.10 Å². The molecule has 19 heavy (non-hydrogen) atoms. The van der Waals surface area contributed by atoms with Crippen molar-refractivity contribution in [2.75, 3.05) is 5.73 Å². The minimum absolute atomic E-state index is 0.0245. The summed E-state index contributed by atoms with van der Waals surface area (Å²) in [5, 5.41) is 4.29. The van der Waals surface area contributed by atoms with Crippen molar-refractivity contribution >= 4 is 22.8 Å². The van der Waals surface area contributed by atoms with Crippen molar-refractivity contribution in [3.8, 4) is 0 Å². The number of rotatable bonds is 2. The molecular weight excluding hydrogens is 251 g/mol. The third-order valence-electron chi connectivity index (χ3n) is 2.72. The van der Waals surface area contributed by atoms with Crippen LogP contribution in [-0.4, -0.2) is 20.7 Å². The SMILES string of the molecule is Nc1ncn(C(=O)Cc2coc3ccc(F)cc23)n1. The summed E-state index contributed by atoms with van der Waals surface area (Å²) in [5.41, 5.74) is 6.46. The van der Waals surface area contributed by atoms with Crippen LogP contribution < -0.4 is 5.73 Å². The van der Waals surface area contributed by atoms with E-state index in [1.807, 2.05) is 0 Å². The summed E-state index contributed by atoms with van der Waals surface area (Å²) in [4.78, 5) is 15.6. The minimum Gasteiger partial charge on any atom is -0.464 e. The summed E-state index contributed by atoms with van der Waals surface area (Å²) in [6.45, 7) is 0. The van der Waals surface area contributed by atoms with Crippen molar-refractivity contribution < 1.29 is 13.6 Å². The van der Waals surface area contributed by atoms with Crippen molar-refractivity contribution in [2.24, 2.45) is 0 Å². The molecular formula is C12H9FN4O2. The fourth-order valence-electron chi connectivity index (χ4n) is 1.83. The van der Waals surface area contributed by atoms with Crippen LogP contribution in [-0.2, 0) is 6.42 Å². The molecule has 0 atom stereocenters. The zero-order chi connectivity index (χ0) is 13.4. The fraction of sp³-hybridized carbons (Fsp3) is 0.0833. The topological polar surface area (TPSA) is 86.9 Å². The van der Waals surface area contributed by atoms with Gasteiger partial charge in [0.1, 0.15) is 17.7 Å². The molecule has 0 amide bonds. The van der Waals surface area contributed by atoms with E-state index in [2.05, 4.69) is 10.1 Å². The molecule has 0 spiro atoms. The molecule has 2 N–H and O–H groups in total. The molecule has 2 aromatic heterocycles. The molecule has 0 bridgehead atoms. The highest BCUT2D eigenvalue weighted by Crippen LogP contribution is 2.22. The second-order valence-electron chi connectivity index (χ2n) is 4.02. The van der Waals surface area contributed by atoms with Gasteiger partial charge in [-0.1, -0.05) is 0 Å². The van der Waals surface area contributed by atoms with E-state index in [9.17, 15) is 9.18 Å². The van der Waals surface area contributed by atoms with E-state index < -0.39 is 0 Å². The summed E-state index contributed by atoms with van der Waals surface area (Å²) < 4.78 is 19.5. The van der Waals surface area contributed by atoms with Crippen molar-refractivity contribution in [3.05, 3.63) is 42.2 Å². The number of aromatic nitrogens is 3. The highest BCUT2D eigenvalue weighted by Gasteiger charge is 2.13. The average molecular weight is 260 g/mol. The van der Waals surface area contributed by atoms with Crippen molar-refractivity contribution in [2.45, 2.75) is 6.42 Å². The molecule has 3 rings (SSSR count). The molecule has 3 aromatic rings. The first-order valence-electron chi connectivity index (χ1n) is 5.49. The second-order valence-corrected chi connectivity index (χ2v) is 4.02. The molecule has 7 heteroatoms. The first-order chi connectivity index (χ1) is 9.13. The number of hydrogen-bond donors (Lipinski definition) is 1. The van der Waals surface area contributed by atoms with Gasteiger partial charge in [0.2, 0.25) is 5.95 Å². The lowest BCUT2D eigenvalue weighted by Crippen LogP contribution is -2.14. The quantitative estimate of drug-likeness (QED) is 0.756. The van der Waals surface area contributed by atoms with Crippen LogP contribution in [0.3, 0.4) is 0 Å². The van der Waals surface area contributed by atoms with Crippen LogP contribution in [0.1, 0.15) is 10.4 Å². The number of furan rings is 1. The molecule has 0 saturated carbocycles. The Morgan fingerprint density at radius 2 is 2.32 bits per heavy atom. The van der Waals surface area contributed by atoms with Crippen LogP contribution in [0.2, 0.25) is 0 Å². The summed E-state index contributed by atoms with van der Waals surface area (Å²) in [6.07, 6.45) is 2.70. The van der Waals surface area contributed by atoms with E-state index in [0.29, 0.717) is 16.5 Å². The van der Waals surface area contributed by atoms with Crippen LogP contribution >= 0.6 is 0 Å². The molecule has 0 radical (unpaired) electrons. The van der Waals surface area contributed by atoms with Gasteiger partial charge in [0, 0.05) is 10.9 Å². The number of nitrogen functional groups attached to an aromatic ring is 1. The lowest BCUT2D eigenvalue weighted by molar-refractivity contribution is 0.0898. The van der Waals surface area contributed by atoms with Crippen LogP contribution in [0.4, 0.5) is 10.3 Å². The molecule has 0 aliphatic heterocycles. The highest BCUT2D eigenvalue weighted by molar-refractivity contribution is 5.88. The number of halogens is 1. The monoisotopic (exact) mass is 260 g/mol. The maximum absolute atomic E-state index is 13.2. The molecule has 96 valence electrons. The van der Waals surface area contributed by atoms with Gasteiger partial charge in [0.15, 0.2) is 0 Å².